The molecule has 3 rings (SSSR count). The summed E-state index contributed by atoms with van der Waals surface area (Å²) in [5.41, 5.74) is 1.33. The van der Waals surface area contributed by atoms with Crippen molar-refractivity contribution in [3.63, 3.8) is 0 Å². The summed E-state index contributed by atoms with van der Waals surface area (Å²) in [6.07, 6.45) is 2.08. The van der Waals surface area contributed by atoms with Crippen molar-refractivity contribution in [1.29, 1.82) is 0 Å². The van der Waals surface area contributed by atoms with Gasteiger partial charge in [0.05, 0.1) is 12.5 Å². The number of amides is 1. The second-order valence-electron chi connectivity index (χ2n) is 6.49. The average Bonchev–Trinajstić information content (AvgIpc) is 2.80. The van der Waals surface area contributed by atoms with E-state index in [4.69, 9.17) is 16.3 Å². The summed E-state index contributed by atoms with van der Waals surface area (Å²) in [5.74, 6) is 0.163. The molecule has 2 heterocycles. The molecule has 0 aliphatic carbocycles. The Kier molecular flexibility index (Phi) is 4.71. The summed E-state index contributed by atoms with van der Waals surface area (Å²) >= 11 is 6.05. The molecule has 0 aromatic heterocycles. The van der Waals surface area contributed by atoms with Crippen LogP contribution in [0.1, 0.15) is 18.4 Å². The molecule has 1 aromatic carbocycles. The number of ether oxygens (including phenoxy) is 1. The topological polar surface area (TPSA) is 41.6 Å². The van der Waals surface area contributed by atoms with Crippen molar-refractivity contribution in [2.75, 3.05) is 33.4 Å². The van der Waals surface area contributed by atoms with E-state index < -0.39 is 0 Å². The Bertz CT molecular complexity index is 541. The van der Waals surface area contributed by atoms with Gasteiger partial charge in [0.15, 0.2) is 0 Å². The monoisotopic (exact) mass is 322 g/mol. The summed E-state index contributed by atoms with van der Waals surface area (Å²) in [4.78, 5) is 14.5. The normalized spacial score (nSPS) is 24.6. The van der Waals surface area contributed by atoms with Crippen LogP contribution in [0.15, 0.2) is 24.3 Å². The van der Waals surface area contributed by atoms with E-state index >= 15 is 0 Å². The zero-order valence-electron chi connectivity index (χ0n) is 13.0. The number of halogens is 1. The number of rotatable bonds is 4. The van der Waals surface area contributed by atoms with E-state index in [0.717, 1.165) is 44.0 Å². The minimum absolute atomic E-state index is 0.00539. The second-order valence-corrected chi connectivity index (χ2v) is 6.93. The molecule has 22 heavy (non-hydrogen) atoms. The Morgan fingerprint density at radius 3 is 2.86 bits per heavy atom. The molecule has 1 spiro atoms. The summed E-state index contributed by atoms with van der Waals surface area (Å²) in [7, 11) is 1.67. The van der Waals surface area contributed by atoms with Crippen LogP contribution in [0.25, 0.3) is 0 Å². The van der Waals surface area contributed by atoms with E-state index in [-0.39, 0.29) is 17.2 Å². The maximum Gasteiger partial charge on any atom is 0.226 e. The molecule has 2 aliphatic heterocycles. The molecule has 0 radical (unpaired) electrons. The standard InChI is InChI=1S/C17H23ClN2O2/c1-22-11-15-16(21)19-12-17(15)5-7-20(8-6-17)10-13-3-2-4-14(18)9-13/h2-4,9,15H,5-8,10-12H2,1H3,(H,19,21)/t15-/m0/s1. The molecule has 120 valence electrons. The number of nitrogens with zero attached hydrogens (tertiary/aromatic N) is 1. The Morgan fingerprint density at radius 1 is 1.41 bits per heavy atom. The van der Waals surface area contributed by atoms with Crippen LogP contribution >= 0.6 is 11.6 Å². The minimum Gasteiger partial charge on any atom is -0.384 e. The lowest BCUT2D eigenvalue weighted by Gasteiger charge is -2.41. The average molecular weight is 323 g/mol. The zero-order chi connectivity index (χ0) is 15.6. The Labute approximate surface area is 136 Å². The molecule has 4 nitrogen and oxygen atoms in total. The van der Waals surface area contributed by atoms with Gasteiger partial charge < -0.3 is 10.1 Å². The van der Waals surface area contributed by atoms with Crippen LogP contribution in [0.5, 0.6) is 0 Å². The van der Waals surface area contributed by atoms with Crippen LogP contribution in [0.4, 0.5) is 0 Å². The second kappa shape index (κ2) is 6.57. The maximum atomic E-state index is 12.0. The largest absolute Gasteiger partial charge is 0.384 e. The highest BCUT2D eigenvalue weighted by atomic mass is 35.5. The van der Waals surface area contributed by atoms with E-state index in [2.05, 4.69) is 16.3 Å². The number of hydrogen-bond donors (Lipinski definition) is 1. The Hall–Kier alpha value is -1.10. The van der Waals surface area contributed by atoms with Crippen LogP contribution < -0.4 is 5.32 Å². The number of benzene rings is 1. The maximum absolute atomic E-state index is 12.0. The van der Waals surface area contributed by atoms with Gasteiger partial charge in [-0.3, -0.25) is 9.69 Å². The molecule has 0 unspecified atom stereocenters. The highest BCUT2D eigenvalue weighted by Crippen LogP contribution is 2.42. The highest BCUT2D eigenvalue weighted by molar-refractivity contribution is 6.30. The Balaban J connectivity index is 1.61. The number of likely N-dealkylation sites (tertiary alicyclic amines) is 1. The number of methoxy groups -OCH3 is 1. The van der Waals surface area contributed by atoms with Crippen molar-refractivity contribution < 1.29 is 9.53 Å². The molecule has 1 amide bonds. The summed E-state index contributed by atoms with van der Waals surface area (Å²) in [6.45, 7) is 4.28. The predicted molar refractivity (Wildman–Crippen MR) is 86.8 cm³/mol. The van der Waals surface area contributed by atoms with Gasteiger partial charge in [-0.05, 0) is 43.6 Å². The third-order valence-electron chi connectivity index (χ3n) is 5.15. The quantitative estimate of drug-likeness (QED) is 0.925. The van der Waals surface area contributed by atoms with Gasteiger partial charge in [0.1, 0.15) is 0 Å². The first kappa shape index (κ1) is 15.8. The van der Waals surface area contributed by atoms with E-state index in [1.807, 2.05) is 18.2 Å². The Morgan fingerprint density at radius 2 is 2.18 bits per heavy atom. The third-order valence-corrected chi connectivity index (χ3v) is 5.39. The van der Waals surface area contributed by atoms with Gasteiger partial charge in [-0.1, -0.05) is 23.7 Å². The third kappa shape index (κ3) is 3.14. The van der Waals surface area contributed by atoms with Crippen LogP contribution in [0.2, 0.25) is 5.02 Å². The summed E-state index contributed by atoms with van der Waals surface area (Å²) in [5, 5.41) is 3.82. The van der Waals surface area contributed by atoms with Gasteiger partial charge >= 0.3 is 0 Å². The molecule has 0 bridgehead atoms. The van der Waals surface area contributed by atoms with Gasteiger partial charge in [0, 0.05) is 30.6 Å². The molecular weight excluding hydrogens is 300 g/mol. The van der Waals surface area contributed by atoms with E-state index in [0.29, 0.717) is 6.61 Å². The molecule has 2 aliphatic rings. The first-order chi connectivity index (χ1) is 10.6. The van der Waals surface area contributed by atoms with Crippen molar-refractivity contribution >= 4 is 17.5 Å². The SMILES string of the molecule is COC[C@H]1C(=O)NCC12CCN(Cc1cccc(Cl)c1)CC2. The van der Waals surface area contributed by atoms with E-state index in [9.17, 15) is 4.79 Å². The van der Waals surface area contributed by atoms with Crippen LogP contribution in [0.3, 0.4) is 0 Å². The highest BCUT2D eigenvalue weighted by Gasteiger charge is 2.49. The lowest BCUT2D eigenvalue weighted by molar-refractivity contribution is -0.126. The fourth-order valence-corrected chi connectivity index (χ4v) is 3.99. The lowest BCUT2D eigenvalue weighted by atomic mass is 9.71. The fraction of sp³-hybridized carbons (Fsp3) is 0.588. The number of nitrogens with one attached hydrogen (secondary N) is 1. The molecule has 2 fully saturated rings. The zero-order valence-corrected chi connectivity index (χ0v) is 13.7. The number of carbonyl (C=O) groups excluding carboxylic acids is 1. The van der Waals surface area contributed by atoms with E-state index in [1.165, 1.54) is 5.56 Å². The molecule has 2 saturated heterocycles. The van der Waals surface area contributed by atoms with Crippen LogP contribution in [-0.2, 0) is 16.1 Å². The first-order valence-electron chi connectivity index (χ1n) is 7.86. The van der Waals surface area contributed by atoms with Gasteiger partial charge in [-0.2, -0.15) is 0 Å². The number of piperidine rings is 1. The van der Waals surface area contributed by atoms with Crippen molar-refractivity contribution in [3.05, 3.63) is 34.9 Å². The van der Waals surface area contributed by atoms with Crippen molar-refractivity contribution in [2.24, 2.45) is 11.3 Å². The minimum atomic E-state index is 0.00539. The molecule has 5 heteroatoms. The number of carbonyl (C=O) groups is 1. The first-order valence-corrected chi connectivity index (χ1v) is 8.24. The van der Waals surface area contributed by atoms with Crippen molar-refractivity contribution in [3.8, 4) is 0 Å². The van der Waals surface area contributed by atoms with Gasteiger partial charge in [0.25, 0.3) is 0 Å². The summed E-state index contributed by atoms with van der Waals surface area (Å²) < 4.78 is 5.27. The lowest BCUT2D eigenvalue weighted by Crippen LogP contribution is -2.45. The number of hydrogen-bond acceptors (Lipinski definition) is 3. The summed E-state index contributed by atoms with van der Waals surface area (Å²) in [6, 6.07) is 8.05. The van der Waals surface area contributed by atoms with Crippen LogP contribution in [0, 0.1) is 11.3 Å². The molecule has 1 atom stereocenters. The predicted octanol–water partition coefficient (Wildman–Crippen LogP) is 2.31. The molecule has 0 saturated carbocycles. The van der Waals surface area contributed by atoms with E-state index in [1.54, 1.807) is 7.11 Å². The van der Waals surface area contributed by atoms with Crippen LogP contribution in [-0.4, -0.2) is 44.2 Å². The molecular formula is C17H23ClN2O2. The molecule has 1 aromatic rings. The fourth-order valence-electron chi connectivity index (χ4n) is 3.78. The smallest absolute Gasteiger partial charge is 0.226 e. The van der Waals surface area contributed by atoms with Crippen molar-refractivity contribution in [2.45, 2.75) is 19.4 Å². The molecule has 1 N–H and O–H groups in total. The van der Waals surface area contributed by atoms with Crippen molar-refractivity contribution in [1.82, 2.24) is 10.2 Å². The van der Waals surface area contributed by atoms with Gasteiger partial charge in [-0.15, -0.1) is 0 Å². The van der Waals surface area contributed by atoms with Gasteiger partial charge in [-0.25, -0.2) is 0 Å². The van der Waals surface area contributed by atoms with Gasteiger partial charge in [0.2, 0.25) is 5.91 Å².